The van der Waals surface area contributed by atoms with Crippen molar-refractivity contribution in [2.75, 3.05) is 13.1 Å². The first-order valence-corrected chi connectivity index (χ1v) is 6.81. The lowest BCUT2D eigenvalue weighted by Gasteiger charge is -2.34. The fraction of sp³-hybridized carbons (Fsp3) is 0.500. The Bertz CT molecular complexity index is 558. The lowest BCUT2D eigenvalue weighted by atomic mass is 9.94. The van der Waals surface area contributed by atoms with Gasteiger partial charge in [0, 0.05) is 19.3 Å². The van der Waals surface area contributed by atoms with Crippen LogP contribution in [-0.4, -0.2) is 43.8 Å². The van der Waals surface area contributed by atoms with Crippen molar-refractivity contribution < 1.29 is 9.63 Å². The van der Waals surface area contributed by atoms with Gasteiger partial charge in [0.15, 0.2) is 0 Å². The van der Waals surface area contributed by atoms with Crippen molar-refractivity contribution >= 4 is 0 Å². The molecule has 3 rings (SSSR count). The van der Waals surface area contributed by atoms with Gasteiger partial charge in [0.1, 0.15) is 5.69 Å². The van der Waals surface area contributed by atoms with Crippen LogP contribution in [0.3, 0.4) is 0 Å². The minimum atomic E-state index is -0.537. The number of hydrogen-bond acceptors (Lipinski definition) is 6. The topological polar surface area (TPSA) is 75.3 Å². The second kappa shape index (κ2) is 5.30. The van der Waals surface area contributed by atoms with Gasteiger partial charge in [-0.1, -0.05) is 11.2 Å². The summed E-state index contributed by atoms with van der Waals surface area (Å²) in [6, 6.07) is 5.60. The van der Waals surface area contributed by atoms with Gasteiger partial charge in [-0.15, -0.1) is 0 Å². The van der Waals surface area contributed by atoms with Crippen LogP contribution in [0.15, 0.2) is 28.9 Å². The molecule has 0 amide bonds. The zero-order valence-electron chi connectivity index (χ0n) is 11.5. The van der Waals surface area contributed by atoms with Crippen LogP contribution >= 0.6 is 0 Å². The molecule has 1 fully saturated rings. The number of nitrogens with zero attached hydrogens (tertiary/aromatic N) is 4. The number of rotatable bonds is 3. The molecule has 106 valence electrons. The number of piperidine rings is 1. The molecule has 2 aromatic heterocycles. The molecule has 20 heavy (non-hydrogen) atoms. The Labute approximate surface area is 117 Å². The Morgan fingerprint density at radius 1 is 1.35 bits per heavy atom. The van der Waals surface area contributed by atoms with E-state index in [0.717, 1.165) is 25.9 Å². The molecule has 1 aliphatic rings. The Hall–Kier alpha value is -1.79. The molecule has 0 unspecified atom stereocenters. The Morgan fingerprint density at radius 2 is 2.15 bits per heavy atom. The summed E-state index contributed by atoms with van der Waals surface area (Å²) in [5, 5.41) is 13.9. The summed E-state index contributed by atoms with van der Waals surface area (Å²) in [6.45, 7) is 4.19. The summed E-state index contributed by atoms with van der Waals surface area (Å²) in [5.74, 6) is 1.11. The van der Waals surface area contributed by atoms with Gasteiger partial charge in [-0.3, -0.25) is 9.88 Å². The molecule has 1 saturated heterocycles. The average molecular weight is 274 g/mol. The highest BCUT2D eigenvalue weighted by molar-refractivity contribution is 5.46. The minimum Gasteiger partial charge on any atom is -0.390 e. The monoisotopic (exact) mass is 274 g/mol. The van der Waals surface area contributed by atoms with Crippen LogP contribution in [0.2, 0.25) is 0 Å². The molecule has 2 aromatic rings. The lowest BCUT2D eigenvalue weighted by molar-refractivity contribution is -0.00944. The van der Waals surface area contributed by atoms with Crippen LogP contribution in [0.1, 0.15) is 25.7 Å². The molecule has 1 N–H and O–H groups in total. The van der Waals surface area contributed by atoms with E-state index in [1.165, 1.54) is 0 Å². The molecular weight excluding hydrogens is 256 g/mol. The zero-order valence-corrected chi connectivity index (χ0v) is 11.5. The number of aliphatic hydroxyl groups is 1. The maximum Gasteiger partial charge on any atom is 0.241 e. The average Bonchev–Trinajstić information content (AvgIpc) is 2.91. The highest BCUT2D eigenvalue weighted by Gasteiger charge is 2.28. The SMILES string of the molecule is CC1(O)CCN(Cc2nc(-c3ccccn3)no2)CC1. The van der Waals surface area contributed by atoms with Crippen LogP contribution in [0, 0.1) is 0 Å². The van der Waals surface area contributed by atoms with Crippen molar-refractivity contribution in [2.45, 2.75) is 31.9 Å². The van der Waals surface area contributed by atoms with Gasteiger partial charge < -0.3 is 9.63 Å². The molecular formula is C14H18N4O2. The van der Waals surface area contributed by atoms with Crippen molar-refractivity contribution in [3.63, 3.8) is 0 Å². The van der Waals surface area contributed by atoms with Gasteiger partial charge in [0.25, 0.3) is 0 Å². The summed E-state index contributed by atoms with van der Waals surface area (Å²) >= 11 is 0. The fourth-order valence-electron chi connectivity index (χ4n) is 2.30. The number of aromatic nitrogens is 3. The minimum absolute atomic E-state index is 0.518. The Balaban J connectivity index is 1.64. The van der Waals surface area contributed by atoms with E-state index in [0.29, 0.717) is 24.0 Å². The van der Waals surface area contributed by atoms with E-state index in [4.69, 9.17) is 4.52 Å². The van der Waals surface area contributed by atoms with Crippen molar-refractivity contribution in [1.29, 1.82) is 0 Å². The summed E-state index contributed by atoms with van der Waals surface area (Å²) in [6.07, 6.45) is 3.25. The van der Waals surface area contributed by atoms with E-state index in [1.54, 1.807) is 6.20 Å². The first-order valence-electron chi connectivity index (χ1n) is 6.81. The highest BCUT2D eigenvalue weighted by atomic mass is 16.5. The van der Waals surface area contributed by atoms with E-state index >= 15 is 0 Å². The third-order valence-corrected chi connectivity index (χ3v) is 3.65. The molecule has 0 bridgehead atoms. The second-order valence-electron chi connectivity index (χ2n) is 5.50. The van der Waals surface area contributed by atoms with Crippen LogP contribution in [0.25, 0.3) is 11.5 Å². The van der Waals surface area contributed by atoms with E-state index < -0.39 is 5.60 Å². The van der Waals surface area contributed by atoms with Gasteiger partial charge in [-0.25, -0.2) is 0 Å². The van der Waals surface area contributed by atoms with Gasteiger partial charge >= 0.3 is 0 Å². The Kier molecular flexibility index (Phi) is 3.50. The largest absolute Gasteiger partial charge is 0.390 e. The molecule has 1 aliphatic heterocycles. The van der Waals surface area contributed by atoms with Gasteiger partial charge in [0.05, 0.1) is 12.1 Å². The van der Waals surface area contributed by atoms with Crippen LogP contribution in [0.4, 0.5) is 0 Å². The van der Waals surface area contributed by atoms with Crippen molar-refractivity contribution in [1.82, 2.24) is 20.0 Å². The molecule has 0 aromatic carbocycles. The second-order valence-corrected chi connectivity index (χ2v) is 5.50. The predicted octanol–water partition coefficient (Wildman–Crippen LogP) is 1.48. The van der Waals surface area contributed by atoms with Gasteiger partial charge in [-0.2, -0.15) is 4.98 Å². The summed E-state index contributed by atoms with van der Waals surface area (Å²) in [4.78, 5) is 10.8. The lowest BCUT2D eigenvalue weighted by Crippen LogP contribution is -2.42. The molecule has 3 heterocycles. The van der Waals surface area contributed by atoms with E-state index in [-0.39, 0.29) is 0 Å². The van der Waals surface area contributed by atoms with Crippen LogP contribution in [0.5, 0.6) is 0 Å². The van der Waals surface area contributed by atoms with Crippen LogP contribution in [-0.2, 0) is 6.54 Å². The molecule has 0 saturated carbocycles. The molecule has 0 spiro atoms. The van der Waals surface area contributed by atoms with Gasteiger partial charge in [0.2, 0.25) is 11.7 Å². The summed E-state index contributed by atoms with van der Waals surface area (Å²) < 4.78 is 5.27. The smallest absolute Gasteiger partial charge is 0.241 e. The first kappa shape index (κ1) is 13.2. The van der Waals surface area contributed by atoms with Crippen LogP contribution < -0.4 is 0 Å². The molecule has 0 atom stereocenters. The van der Waals surface area contributed by atoms with Crippen molar-refractivity contribution in [3.05, 3.63) is 30.3 Å². The normalized spacial score (nSPS) is 19.1. The fourth-order valence-corrected chi connectivity index (χ4v) is 2.30. The summed E-state index contributed by atoms with van der Waals surface area (Å²) in [5.41, 5.74) is 0.175. The number of pyridine rings is 1. The van der Waals surface area contributed by atoms with Crippen molar-refractivity contribution in [3.8, 4) is 11.5 Å². The number of hydrogen-bond donors (Lipinski definition) is 1. The maximum atomic E-state index is 9.92. The Morgan fingerprint density at radius 3 is 2.85 bits per heavy atom. The van der Waals surface area contributed by atoms with E-state index in [2.05, 4.69) is 20.0 Å². The standard InChI is InChI=1S/C14H18N4O2/c1-14(19)5-8-18(9-6-14)10-12-16-13(17-20-12)11-4-2-3-7-15-11/h2-4,7,19H,5-6,8-10H2,1H3. The molecule has 6 heteroatoms. The zero-order chi connectivity index (χ0) is 14.0. The predicted molar refractivity (Wildman–Crippen MR) is 72.7 cm³/mol. The molecule has 6 nitrogen and oxygen atoms in total. The molecule has 0 radical (unpaired) electrons. The maximum absolute atomic E-state index is 9.92. The van der Waals surface area contributed by atoms with Gasteiger partial charge in [-0.05, 0) is 31.9 Å². The first-order chi connectivity index (χ1) is 9.62. The van der Waals surface area contributed by atoms with E-state index in [9.17, 15) is 5.11 Å². The summed E-state index contributed by atoms with van der Waals surface area (Å²) in [7, 11) is 0. The third kappa shape index (κ3) is 3.02. The number of likely N-dealkylation sites (tertiary alicyclic amines) is 1. The third-order valence-electron chi connectivity index (χ3n) is 3.65. The van der Waals surface area contributed by atoms with Crippen molar-refractivity contribution in [2.24, 2.45) is 0 Å². The quantitative estimate of drug-likeness (QED) is 0.913. The molecule has 0 aliphatic carbocycles. The highest BCUT2D eigenvalue weighted by Crippen LogP contribution is 2.22. The van der Waals surface area contributed by atoms with E-state index in [1.807, 2.05) is 25.1 Å².